The molecule has 0 atom stereocenters. The monoisotopic (exact) mass is 372 g/mol. The van der Waals surface area contributed by atoms with E-state index in [4.69, 9.17) is 4.74 Å². The number of fused-ring (bicyclic) bond motifs is 1. The molecule has 1 aliphatic heterocycles. The van der Waals surface area contributed by atoms with Gasteiger partial charge in [-0.2, -0.15) is 0 Å². The molecule has 3 aromatic heterocycles. The molecule has 0 bridgehead atoms. The van der Waals surface area contributed by atoms with Crippen molar-refractivity contribution in [2.75, 3.05) is 31.2 Å². The van der Waals surface area contributed by atoms with Crippen LogP contribution in [0.3, 0.4) is 0 Å². The SMILES string of the molecule is O=c1cc(-c2c[nH]c3ncccc23)cc(-c2cccc(N3CCOCC3)c2)[nH]1. The molecular weight excluding hydrogens is 352 g/mol. The van der Waals surface area contributed by atoms with E-state index < -0.39 is 0 Å². The molecule has 1 fully saturated rings. The largest absolute Gasteiger partial charge is 0.378 e. The van der Waals surface area contributed by atoms with Crippen LogP contribution in [0.5, 0.6) is 0 Å². The van der Waals surface area contributed by atoms with Gasteiger partial charge in [-0.25, -0.2) is 4.98 Å². The summed E-state index contributed by atoms with van der Waals surface area (Å²) >= 11 is 0. The van der Waals surface area contributed by atoms with Crippen molar-refractivity contribution in [1.82, 2.24) is 15.0 Å². The summed E-state index contributed by atoms with van der Waals surface area (Å²) in [7, 11) is 0. The molecule has 6 heteroatoms. The normalized spacial score (nSPS) is 14.5. The van der Waals surface area contributed by atoms with E-state index in [1.54, 1.807) is 12.3 Å². The molecule has 0 radical (unpaired) electrons. The van der Waals surface area contributed by atoms with Gasteiger partial charge in [0.15, 0.2) is 0 Å². The van der Waals surface area contributed by atoms with Crippen LogP contribution < -0.4 is 10.5 Å². The summed E-state index contributed by atoms with van der Waals surface area (Å²) in [5.41, 5.74) is 5.46. The predicted molar refractivity (Wildman–Crippen MR) is 111 cm³/mol. The first-order valence-electron chi connectivity index (χ1n) is 9.38. The van der Waals surface area contributed by atoms with Gasteiger partial charge in [-0.3, -0.25) is 4.79 Å². The van der Waals surface area contributed by atoms with Crippen LogP contribution in [-0.2, 0) is 4.74 Å². The third-order valence-corrected chi connectivity index (χ3v) is 5.14. The van der Waals surface area contributed by atoms with E-state index >= 15 is 0 Å². The zero-order valence-electron chi connectivity index (χ0n) is 15.3. The van der Waals surface area contributed by atoms with E-state index in [1.165, 1.54) is 0 Å². The first-order chi connectivity index (χ1) is 13.8. The predicted octanol–water partition coefficient (Wildman–Crippen LogP) is 3.42. The van der Waals surface area contributed by atoms with Crippen molar-refractivity contribution in [1.29, 1.82) is 0 Å². The highest BCUT2D eigenvalue weighted by atomic mass is 16.5. The lowest BCUT2D eigenvalue weighted by molar-refractivity contribution is 0.122. The molecule has 4 aromatic rings. The molecule has 4 heterocycles. The van der Waals surface area contributed by atoms with Crippen LogP contribution in [0.15, 0.2) is 65.7 Å². The Bertz CT molecular complexity index is 1190. The number of hydrogen-bond acceptors (Lipinski definition) is 4. The fraction of sp³-hybridized carbons (Fsp3) is 0.182. The van der Waals surface area contributed by atoms with Crippen molar-refractivity contribution in [2.24, 2.45) is 0 Å². The average molecular weight is 372 g/mol. The van der Waals surface area contributed by atoms with Crippen molar-refractivity contribution in [3.05, 3.63) is 71.3 Å². The quantitative estimate of drug-likeness (QED) is 0.578. The van der Waals surface area contributed by atoms with Gasteiger partial charge >= 0.3 is 0 Å². The molecule has 0 spiro atoms. The number of nitrogens with zero attached hydrogens (tertiary/aromatic N) is 2. The first kappa shape index (κ1) is 16.8. The Balaban J connectivity index is 1.57. The Hall–Kier alpha value is -3.38. The number of aromatic amines is 2. The van der Waals surface area contributed by atoms with Gasteiger partial charge in [0.2, 0.25) is 5.56 Å². The average Bonchev–Trinajstić information content (AvgIpc) is 3.18. The van der Waals surface area contributed by atoms with E-state index in [-0.39, 0.29) is 5.56 Å². The van der Waals surface area contributed by atoms with E-state index in [0.717, 1.165) is 65.4 Å². The van der Waals surface area contributed by atoms with Gasteiger partial charge in [-0.05, 0) is 35.9 Å². The number of H-pyrrole nitrogens is 2. The van der Waals surface area contributed by atoms with Crippen LogP contribution in [0, 0.1) is 0 Å². The maximum absolute atomic E-state index is 12.4. The molecule has 1 aromatic carbocycles. The van der Waals surface area contributed by atoms with E-state index in [1.807, 2.05) is 36.5 Å². The molecule has 0 aliphatic carbocycles. The topological polar surface area (TPSA) is 74.0 Å². The maximum atomic E-state index is 12.4. The maximum Gasteiger partial charge on any atom is 0.249 e. The van der Waals surface area contributed by atoms with Crippen molar-refractivity contribution >= 4 is 16.7 Å². The van der Waals surface area contributed by atoms with Crippen LogP contribution in [0.2, 0.25) is 0 Å². The van der Waals surface area contributed by atoms with E-state index in [0.29, 0.717) is 0 Å². The van der Waals surface area contributed by atoms with Crippen LogP contribution >= 0.6 is 0 Å². The Morgan fingerprint density at radius 1 is 1.00 bits per heavy atom. The summed E-state index contributed by atoms with van der Waals surface area (Å²) in [5.74, 6) is 0. The molecule has 0 saturated carbocycles. The number of hydrogen-bond donors (Lipinski definition) is 2. The Morgan fingerprint density at radius 2 is 1.89 bits per heavy atom. The minimum atomic E-state index is -0.123. The molecule has 1 aliphatic rings. The fourth-order valence-corrected chi connectivity index (χ4v) is 3.74. The smallest absolute Gasteiger partial charge is 0.249 e. The van der Waals surface area contributed by atoms with Gasteiger partial charge in [-0.15, -0.1) is 0 Å². The van der Waals surface area contributed by atoms with Crippen LogP contribution in [-0.4, -0.2) is 41.3 Å². The molecule has 0 amide bonds. The summed E-state index contributed by atoms with van der Waals surface area (Å²) in [4.78, 5) is 25.2. The third-order valence-electron chi connectivity index (χ3n) is 5.14. The lowest BCUT2D eigenvalue weighted by atomic mass is 10.0. The summed E-state index contributed by atoms with van der Waals surface area (Å²) in [5, 5.41) is 1.00. The number of anilines is 1. The van der Waals surface area contributed by atoms with E-state index in [2.05, 4.69) is 32.0 Å². The van der Waals surface area contributed by atoms with E-state index in [9.17, 15) is 4.79 Å². The minimum absolute atomic E-state index is 0.123. The highest BCUT2D eigenvalue weighted by Gasteiger charge is 2.13. The summed E-state index contributed by atoms with van der Waals surface area (Å²) in [6.45, 7) is 3.24. The number of rotatable bonds is 3. The minimum Gasteiger partial charge on any atom is -0.378 e. The summed E-state index contributed by atoms with van der Waals surface area (Å²) < 4.78 is 5.45. The van der Waals surface area contributed by atoms with Crippen molar-refractivity contribution in [3.8, 4) is 22.4 Å². The lowest BCUT2D eigenvalue weighted by Crippen LogP contribution is -2.36. The second kappa shape index (κ2) is 6.98. The summed E-state index contributed by atoms with van der Waals surface area (Å²) in [6.07, 6.45) is 3.66. The number of morpholine rings is 1. The third kappa shape index (κ3) is 3.08. The molecule has 0 unspecified atom stereocenters. The second-order valence-corrected chi connectivity index (χ2v) is 6.90. The number of ether oxygens (including phenoxy) is 1. The number of benzene rings is 1. The van der Waals surface area contributed by atoms with Gasteiger partial charge in [-0.1, -0.05) is 12.1 Å². The zero-order valence-corrected chi connectivity index (χ0v) is 15.3. The van der Waals surface area contributed by atoms with Gasteiger partial charge in [0.25, 0.3) is 0 Å². The number of aromatic nitrogens is 3. The molecular formula is C22H20N4O2. The van der Waals surface area contributed by atoms with Gasteiger partial charge in [0, 0.05) is 59.4 Å². The van der Waals surface area contributed by atoms with Gasteiger partial charge < -0.3 is 19.6 Å². The molecule has 6 nitrogen and oxygen atoms in total. The Kier molecular flexibility index (Phi) is 4.18. The molecule has 28 heavy (non-hydrogen) atoms. The first-order valence-corrected chi connectivity index (χ1v) is 9.38. The van der Waals surface area contributed by atoms with Gasteiger partial charge in [0.1, 0.15) is 5.65 Å². The molecule has 5 rings (SSSR count). The van der Waals surface area contributed by atoms with Crippen LogP contribution in [0.4, 0.5) is 5.69 Å². The summed E-state index contributed by atoms with van der Waals surface area (Å²) in [6, 6.07) is 15.8. The van der Waals surface area contributed by atoms with Gasteiger partial charge in [0.05, 0.1) is 13.2 Å². The Labute approximate surface area is 161 Å². The molecule has 2 N–H and O–H groups in total. The highest BCUT2D eigenvalue weighted by molar-refractivity contribution is 5.94. The van der Waals surface area contributed by atoms with Crippen molar-refractivity contribution in [2.45, 2.75) is 0 Å². The molecule has 1 saturated heterocycles. The van der Waals surface area contributed by atoms with Crippen molar-refractivity contribution in [3.63, 3.8) is 0 Å². The van der Waals surface area contributed by atoms with Crippen molar-refractivity contribution < 1.29 is 4.74 Å². The fourth-order valence-electron chi connectivity index (χ4n) is 3.74. The standard InChI is InChI=1S/C22H20N4O2/c27-21-13-16(19-14-24-22-18(19)5-2-6-23-22)12-20(25-21)15-3-1-4-17(11-15)26-7-9-28-10-8-26/h1-6,11-14H,7-10H2,(H,23,24)(H,25,27). The van der Waals surface area contributed by atoms with Crippen LogP contribution in [0.25, 0.3) is 33.4 Å². The molecule has 140 valence electrons. The number of nitrogens with one attached hydrogen (secondary N) is 2. The highest BCUT2D eigenvalue weighted by Crippen LogP contribution is 2.30. The lowest BCUT2D eigenvalue weighted by Gasteiger charge is -2.29. The van der Waals surface area contributed by atoms with Crippen LogP contribution in [0.1, 0.15) is 0 Å². The zero-order chi connectivity index (χ0) is 18.9. The Morgan fingerprint density at radius 3 is 2.79 bits per heavy atom. The second-order valence-electron chi connectivity index (χ2n) is 6.90. The number of pyridine rings is 2.